The average molecular weight is 283 g/mol. The summed E-state index contributed by atoms with van der Waals surface area (Å²) in [5.41, 5.74) is 2.04. The summed E-state index contributed by atoms with van der Waals surface area (Å²) in [6, 6.07) is 11.9. The van der Waals surface area contributed by atoms with Crippen LogP contribution in [0.3, 0.4) is 0 Å². The molecular weight excluding hydrogens is 266 g/mol. The molecule has 0 saturated heterocycles. The molecule has 0 spiro atoms. The maximum Gasteiger partial charge on any atom is 0.170 e. The van der Waals surface area contributed by atoms with Crippen LogP contribution in [0.25, 0.3) is 5.69 Å². The number of aromatic nitrogens is 6. The van der Waals surface area contributed by atoms with Crippen molar-refractivity contribution in [1.82, 2.24) is 35.3 Å². The minimum absolute atomic E-state index is 0.620. The van der Waals surface area contributed by atoms with Gasteiger partial charge in [0.25, 0.3) is 0 Å². The molecule has 0 amide bonds. The van der Waals surface area contributed by atoms with Crippen molar-refractivity contribution in [1.29, 1.82) is 0 Å². The molecule has 1 aromatic carbocycles. The molecule has 108 valence electrons. The fraction of sp³-hybridized carbons (Fsp3) is 0.286. The van der Waals surface area contributed by atoms with E-state index in [2.05, 4.69) is 25.9 Å². The zero-order valence-corrected chi connectivity index (χ0v) is 11.8. The summed E-state index contributed by atoms with van der Waals surface area (Å²) in [6.45, 7) is 1.45. The number of hydrogen-bond donors (Lipinski definition) is 1. The van der Waals surface area contributed by atoms with Crippen molar-refractivity contribution in [2.24, 2.45) is 7.05 Å². The van der Waals surface area contributed by atoms with Gasteiger partial charge in [-0.05, 0) is 28.6 Å². The second-order valence-electron chi connectivity index (χ2n) is 4.75. The van der Waals surface area contributed by atoms with E-state index < -0.39 is 0 Å². The summed E-state index contributed by atoms with van der Waals surface area (Å²) in [7, 11) is 1.92. The summed E-state index contributed by atoms with van der Waals surface area (Å²) < 4.78 is 3.55. The predicted octanol–water partition coefficient (Wildman–Crippen LogP) is 0.728. The van der Waals surface area contributed by atoms with E-state index in [4.69, 9.17) is 0 Å². The standard InChI is InChI=1S/C14H17N7/c1-20-10-8-12(17-20)7-9-15-11-14-16-18-19-21(14)13-5-3-2-4-6-13/h2-6,8,10,15H,7,9,11H2,1H3. The van der Waals surface area contributed by atoms with Crippen molar-refractivity contribution in [2.45, 2.75) is 13.0 Å². The fourth-order valence-corrected chi connectivity index (χ4v) is 2.10. The third kappa shape index (κ3) is 3.32. The van der Waals surface area contributed by atoms with Crippen LogP contribution in [0.1, 0.15) is 11.5 Å². The topological polar surface area (TPSA) is 73.5 Å². The SMILES string of the molecule is Cn1ccc(CCNCc2nnnn2-c2ccccc2)n1. The van der Waals surface area contributed by atoms with E-state index >= 15 is 0 Å². The van der Waals surface area contributed by atoms with Gasteiger partial charge in [-0.15, -0.1) is 5.10 Å². The van der Waals surface area contributed by atoms with Gasteiger partial charge in [0.2, 0.25) is 0 Å². The lowest BCUT2D eigenvalue weighted by Gasteiger charge is -2.05. The minimum atomic E-state index is 0.620. The predicted molar refractivity (Wildman–Crippen MR) is 77.8 cm³/mol. The van der Waals surface area contributed by atoms with Gasteiger partial charge in [0, 0.05) is 26.2 Å². The Morgan fingerprint density at radius 3 is 2.76 bits per heavy atom. The highest BCUT2D eigenvalue weighted by molar-refractivity contribution is 5.30. The Morgan fingerprint density at radius 2 is 2.00 bits per heavy atom. The Labute approximate surface area is 122 Å². The van der Waals surface area contributed by atoms with Crippen LogP contribution in [0.4, 0.5) is 0 Å². The minimum Gasteiger partial charge on any atom is -0.309 e. The van der Waals surface area contributed by atoms with Crippen LogP contribution in [0, 0.1) is 0 Å². The molecule has 7 nitrogen and oxygen atoms in total. The fourth-order valence-electron chi connectivity index (χ4n) is 2.10. The van der Waals surface area contributed by atoms with Crippen LogP contribution in [-0.4, -0.2) is 36.5 Å². The first-order chi connectivity index (χ1) is 10.3. The number of para-hydroxylation sites is 1. The molecule has 0 atom stereocenters. The smallest absolute Gasteiger partial charge is 0.170 e. The Bertz CT molecular complexity index is 686. The zero-order chi connectivity index (χ0) is 14.5. The highest BCUT2D eigenvalue weighted by Crippen LogP contribution is 2.06. The molecule has 21 heavy (non-hydrogen) atoms. The van der Waals surface area contributed by atoms with Crippen molar-refractivity contribution < 1.29 is 0 Å². The molecule has 0 unspecified atom stereocenters. The maximum atomic E-state index is 4.34. The highest BCUT2D eigenvalue weighted by atomic mass is 15.5. The first kappa shape index (κ1) is 13.4. The van der Waals surface area contributed by atoms with E-state index in [0.717, 1.165) is 30.2 Å². The molecule has 0 bridgehead atoms. The summed E-state index contributed by atoms with van der Waals surface area (Å²) in [4.78, 5) is 0. The molecule has 0 aliphatic rings. The van der Waals surface area contributed by atoms with Gasteiger partial charge in [-0.2, -0.15) is 9.78 Å². The summed E-state index contributed by atoms with van der Waals surface area (Å²) in [6.07, 6.45) is 2.83. The van der Waals surface area contributed by atoms with Crippen LogP contribution < -0.4 is 5.32 Å². The number of tetrazole rings is 1. The molecule has 1 N–H and O–H groups in total. The Balaban J connectivity index is 1.55. The van der Waals surface area contributed by atoms with Gasteiger partial charge in [0.15, 0.2) is 5.82 Å². The van der Waals surface area contributed by atoms with Gasteiger partial charge >= 0.3 is 0 Å². The molecule has 0 radical (unpaired) electrons. The molecule has 0 saturated carbocycles. The number of rotatable bonds is 6. The quantitative estimate of drug-likeness (QED) is 0.675. The average Bonchev–Trinajstić information content (AvgIpc) is 3.13. The number of nitrogens with zero attached hydrogens (tertiary/aromatic N) is 6. The highest BCUT2D eigenvalue weighted by Gasteiger charge is 2.07. The lowest BCUT2D eigenvalue weighted by atomic mass is 10.3. The van der Waals surface area contributed by atoms with Crippen LogP contribution in [-0.2, 0) is 20.0 Å². The molecule has 2 heterocycles. The van der Waals surface area contributed by atoms with Crippen molar-refractivity contribution in [2.75, 3.05) is 6.54 Å². The second-order valence-corrected chi connectivity index (χ2v) is 4.75. The van der Waals surface area contributed by atoms with Crippen LogP contribution in [0.2, 0.25) is 0 Å². The van der Waals surface area contributed by atoms with Crippen molar-refractivity contribution in [3.63, 3.8) is 0 Å². The zero-order valence-electron chi connectivity index (χ0n) is 11.8. The maximum absolute atomic E-state index is 4.34. The Morgan fingerprint density at radius 1 is 1.14 bits per heavy atom. The molecular formula is C14H17N7. The van der Waals surface area contributed by atoms with Gasteiger partial charge in [0.1, 0.15) is 0 Å². The monoisotopic (exact) mass is 283 g/mol. The largest absolute Gasteiger partial charge is 0.309 e. The van der Waals surface area contributed by atoms with Gasteiger partial charge < -0.3 is 5.32 Å². The number of nitrogens with one attached hydrogen (secondary N) is 1. The molecule has 2 aromatic heterocycles. The van der Waals surface area contributed by atoms with E-state index in [1.54, 1.807) is 4.68 Å². The number of hydrogen-bond acceptors (Lipinski definition) is 5. The van der Waals surface area contributed by atoms with Crippen molar-refractivity contribution in [3.8, 4) is 5.69 Å². The van der Waals surface area contributed by atoms with E-state index in [-0.39, 0.29) is 0 Å². The van der Waals surface area contributed by atoms with Crippen molar-refractivity contribution in [3.05, 3.63) is 54.1 Å². The van der Waals surface area contributed by atoms with Gasteiger partial charge in [0.05, 0.1) is 17.9 Å². The van der Waals surface area contributed by atoms with Crippen LogP contribution in [0.5, 0.6) is 0 Å². The summed E-state index contributed by atoms with van der Waals surface area (Å²) >= 11 is 0. The van der Waals surface area contributed by atoms with Crippen LogP contribution in [0.15, 0.2) is 42.6 Å². The molecule has 0 fully saturated rings. The lowest BCUT2D eigenvalue weighted by molar-refractivity contribution is 0.630. The molecule has 7 heteroatoms. The molecule has 0 aliphatic carbocycles. The third-order valence-corrected chi connectivity index (χ3v) is 3.14. The normalized spacial score (nSPS) is 10.9. The number of benzene rings is 1. The van der Waals surface area contributed by atoms with Gasteiger partial charge in [-0.25, -0.2) is 0 Å². The first-order valence-corrected chi connectivity index (χ1v) is 6.85. The van der Waals surface area contributed by atoms with E-state index in [0.29, 0.717) is 6.54 Å². The van der Waals surface area contributed by atoms with Gasteiger partial charge in [-0.1, -0.05) is 18.2 Å². The van der Waals surface area contributed by atoms with Crippen molar-refractivity contribution >= 4 is 0 Å². The van der Waals surface area contributed by atoms with E-state index in [9.17, 15) is 0 Å². The summed E-state index contributed by atoms with van der Waals surface area (Å²) in [5.74, 6) is 0.794. The van der Waals surface area contributed by atoms with E-state index in [1.807, 2.05) is 54.3 Å². The van der Waals surface area contributed by atoms with Crippen LogP contribution >= 0.6 is 0 Å². The molecule has 0 aliphatic heterocycles. The first-order valence-electron chi connectivity index (χ1n) is 6.85. The number of aryl methyl sites for hydroxylation is 1. The summed E-state index contributed by atoms with van der Waals surface area (Å²) in [5, 5.41) is 19.5. The Hall–Kier alpha value is -2.54. The molecule has 3 rings (SSSR count). The third-order valence-electron chi connectivity index (χ3n) is 3.14. The Kier molecular flexibility index (Phi) is 4.02. The lowest BCUT2D eigenvalue weighted by Crippen LogP contribution is -2.20. The second kappa shape index (κ2) is 6.27. The van der Waals surface area contributed by atoms with E-state index in [1.165, 1.54) is 0 Å². The molecule has 3 aromatic rings. The van der Waals surface area contributed by atoms with Gasteiger partial charge in [-0.3, -0.25) is 4.68 Å².